The first-order valence-electron chi connectivity index (χ1n) is 8.99. The summed E-state index contributed by atoms with van der Waals surface area (Å²) in [6, 6.07) is 8.81. The Morgan fingerprint density at radius 1 is 1.19 bits per heavy atom. The number of carbonyl (C=O) groups excluding carboxylic acids is 2. The third kappa shape index (κ3) is 3.81. The number of pyridine rings is 2. The number of rotatable bonds is 4. The second-order valence-corrected chi connectivity index (χ2v) is 6.56. The number of aromatic nitrogens is 4. The summed E-state index contributed by atoms with van der Waals surface area (Å²) < 4.78 is 18.7. The Labute approximate surface area is 174 Å². The molecule has 0 aliphatic rings. The van der Waals surface area contributed by atoms with Crippen molar-refractivity contribution < 1.29 is 23.5 Å². The monoisotopic (exact) mass is 422 g/mol. The van der Waals surface area contributed by atoms with Crippen LogP contribution in [0.1, 0.15) is 28.9 Å². The van der Waals surface area contributed by atoms with Crippen LogP contribution in [0.5, 0.6) is 5.75 Å². The first-order valence-corrected chi connectivity index (χ1v) is 8.99. The van der Waals surface area contributed by atoms with Gasteiger partial charge in [-0.1, -0.05) is 12.1 Å². The number of fused-ring (bicyclic) bond motifs is 1. The molecule has 0 aliphatic carbocycles. The minimum Gasteiger partial charge on any atom is -0.504 e. The van der Waals surface area contributed by atoms with Gasteiger partial charge in [0.25, 0.3) is 11.8 Å². The van der Waals surface area contributed by atoms with Crippen LogP contribution in [-0.4, -0.2) is 42.1 Å². The largest absolute Gasteiger partial charge is 0.504 e. The van der Waals surface area contributed by atoms with E-state index < -0.39 is 11.8 Å². The number of nitrogens with two attached hydrogens (primary N) is 1. The van der Waals surface area contributed by atoms with Crippen molar-refractivity contribution in [1.29, 1.82) is 0 Å². The molecule has 0 unspecified atom stereocenters. The Hall–Kier alpha value is -4.25. The van der Waals surface area contributed by atoms with Crippen molar-refractivity contribution in [3.8, 4) is 17.3 Å². The molecule has 31 heavy (non-hydrogen) atoms. The van der Waals surface area contributed by atoms with Crippen LogP contribution < -0.4 is 5.84 Å². The van der Waals surface area contributed by atoms with Crippen molar-refractivity contribution >= 4 is 22.7 Å². The molecule has 0 fully saturated rings. The summed E-state index contributed by atoms with van der Waals surface area (Å²) in [5, 5.41) is 19.1. The zero-order valence-corrected chi connectivity index (χ0v) is 16.1. The van der Waals surface area contributed by atoms with E-state index in [2.05, 4.69) is 20.2 Å². The van der Waals surface area contributed by atoms with Crippen molar-refractivity contribution in [2.75, 3.05) is 0 Å². The van der Waals surface area contributed by atoms with E-state index in [9.17, 15) is 19.1 Å². The maximum atomic E-state index is 13.1. The second kappa shape index (κ2) is 7.88. The molecule has 2 amide bonds. The lowest BCUT2D eigenvalue weighted by molar-refractivity contribution is -0.126. The van der Waals surface area contributed by atoms with E-state index in [1.807, 2.05) is 0 Å². The van der Waals surface area contributed by atoms with Crippen LogP contribution in [0.4, 0.5) is 4.39 Å². The maximum absolute atomic E-state index is 13.1. The number of amides is 2. The smallest absolute Gasteiger partial charge is 0.294 e. The van der Waals surface area contributed by atoms with Crippen molar-refractivity contribution in [1.82, 2.24) is 25.2 Å². The van der Waals surface area contributed by atoms with Gasteiger partial charge in [-0.2, -0.15) is 0 Å². The molecule has 10 nitrogen and oxygen atoms in total. The van der Waals surface area contributed by atoms with Gasteiger partial charge in [0.15, 0.2) is 11.4 Å². The van der Waals surface area contributed by atoms with E-state index in [1.165, 1.54) is 24.4 Å². The molecule has 4 rings (SSSR count). The van der Waals surface area contributed by atoms with E-state index in [4.69, 9.17) is 10.3 Å². The quantitative estimate of drug-likeness (QED) is 0.286. The van der Waals surface area contributed by atoms with E-state index in [1.54, 1.807) is 18.2 Å². The summed E-state index contributed by atoms with van der Waals surface area (Å²) in [7, 11) is 0. The SMILES string of the molecule is CC(=O)N(N)C(=O)c1nc(-c2nnc(Cc3ccc(F)cc3)o2)c(O)c2ncccc12. The summed E-state index contributed by atoms with van der Waals surface area (Å²) in [4.78, 5) is 32.4. The van der Waals surface area contributed by atoms with Gasteiger partial charge in [-0.05, 0) is 29.8 Å². The normalized spacial score (nSPS) is 10.9. The van der Waals surface area contributed by atoms with E-state index in [-0.39, 0.29) is 52.1 Å². The number of imide groups is 1. The zero-order valence-electron chi connectivity index (χ0n) is 16.1. The van der Waals surface area contributed by atoms with Crippen molar-refractivity contribution in [2.24, 2.45) is 5.84 Å². The van der Waals surface area contributed by atoms with Crippen LogP contribution in [0.2, 0.25) is 0 Å². The van der Waals surface area contributed by atoms with Crippen LogP contribution in [0.15, 0.2) is 47.0 Å². The van der Waals surface area contributed by atoms with Gasteiger partial charge in [-0.25, -0.2) is 20.2 Å². The van der Waals surface area contributed by atoms with Crippen LogP contribution >= 0.6 is 0 Å². The number of carbonyl (C=O) groups is 2. The molecular formula is C20H15FN6O4. The molecule has 0 radical (unpaired) electrons. The molecule has 0 saturated carbocycles. The van der Waals surface area contributed by atoms with E-state index in [0.29, 0.717) is 5.01 Å². The van der Waals surface area contributed by atoms with Gasteiger partial charge < -0.3 is 9.52 Å². The summed E-state index contributed by atoms with van der Waals surface area (Å²) in [5.41, 5.74) is 0.368. The molecule has 156 valence electrons. The number of hydrogen-bond donors (Lipinski definition) is 2. The number of aromatic hydroxyl groups is 1. The summed E-state index contributed by atoms with van der Waals surface area (Å²) in [6.07, 6.45) is 1.63. The minimum absolute atomic E-state index is 0.0473. The highest BCUT2D eigenvalue weighted by Crippen LogP contribution is 2.34. The highest BCUT2D eigenvalue weighted by molar-refractivity contribution is 6.11. The average molecular weight is 422 g/mol. The van der Waals surface area contributed by atoms with Gasteiger partial charge in [0.05, 0.1) is 6.42 Å². The molecule has 0 spiro atoms. The number of hydrazine groups is 1. The first-order chi connectivity index (χ1) is 14.8. The fourth-order valence-electron chi connectivity index (χ4n) is 2.89. The van der Waals surface area contributed by atoms with Crippen molar-refractivity contribution in [3.63, 3.8) is 0 Å². The third-order valence-electron chi connectivity index (χ3n) is 4.43. The Kier molecular flexibility index (Phi) is 5.09. The molecule has 0 saturated heterocycles. The Morgan fingerprint density at radius 3 is 2.65 bits per heavy atom. The molecule has 0 aliphatic heterocycles. The molecule has 4 aromatic rings. The maximum Gasteiger partial charge on any atom is 0.294 e. The van der Waals surface area contributed by atoms with Gasteiger partial charge in [0, 0.05) is 18.5 Å². The van der Waals surface area contributed by atoms with E-state index >= 15 is 0 Å². The van der Waals surface area contributed by atoms with Crippen molar-refractivity contribution in [3.05, 3.63) is 65.6 Å². The predicted molar refractivity (Wildman–Crippen MR) is 105 cm³/mol. The lowest BCUT2D eigenvalue weighted by atomic mass is 10.1. The molecule has 3 N–H and O–H groups in total. The minimum atomic E-state index is -0.891. The molecule has 3 heterocycles. The van der Waals surface area contributed by atoms with Gasteiger partial charge in [-0.15, -0.1) is 10.2 Å². The number of nitrogens with zero attached hydrogens (tertiary/aromatic N) is 5. The van der Waals surface area contributed by atoms with Gasteiger partial charge in [0.1, 0.15) is 17.0 Å². The van der Waals surface area contributed by atoms with Crippen LogP contribution in [0, 0.1) is 5.82 Å². The lowest BCUT2D eigenvalue weighted by Gasteiger charge is -2.14. The zero-order chi connectivity index (χ0) is 22.1. The Morgan fingerprint density at radius 2 is 1.94 bits per heavy atom. The number of halogens is 1. The summed E-state index contributed by atoms with van der Waals surface area (Å²) >= 11 is 0. The van der Waals surface area contributed by atoms with Crippen molar-refractivity contribution in [2.45, 2.75) is 13.3 Å². The molecular weight excluding hydrogens is 407 g/mol. The molecule has 1 aromatic carbocycles. The van der Waals surface area contributed by atoms with Gasteiger partial charge >= 0.3 is 0 Å². The topological polar surface area (TPSA) is 148 Å². The standard InChI is InChI=1S/C20H15FN6O4/c1-10(28)27(22)20(30)16-13-3-2-8-23-15(13)18(29)17(24-16)19-26-25-14(31-19)9-11-4-6-12(21)7-5-11/h2-8,29H,9,22H2,1H3. The number of benzene rings is 1. The second-order valence-electron chi connectivity index (χ2n) is 6.56. The predicted octanol–water partition coefficient (Wildman–Crippen LogP) is 1.98. The molecule has 0 bridgehead atoms. The van der Waals surface area contributed by atoms with Crippen LogP contribution in [-0.2, 0) is 11.2 Å². The Bertz CT molecular complexity index is 1310. The fraction of sp³-hybridized carbons (Fsp3) is 0.100. The molecule has 11 heteroatoms. The number of hydrogen-bond acceptors (Lipinski definition) is 9. The van der Waals surface area contributed by atoms with Gasteiger partial charge in [0.2, 0.25) is 11.8 Å². The van der Waals surface area contributed by atoms with Crippen LogP contribution in [0.3, 0.4) is 0 Å². The van der Waals surface area contributed by atoms with Gasteiger partial charge in [-0.3, -0.25) is 14.6 Å². The fourth-order valence-corrected chi connectivity index (χ4v) is 2.89. The molecule has 3 aromatic heterocycles. The summed E-state index contributed by atoms with van der Waals surface area (Å²) in [6.45, 7) is 1.12. The Balaban J connectivity index is 1.78. The lowest BCUT2D eigenvalue weighted by Crippen LogP contribution is -2.41. The van der Waals surface area contributed by atoms with E-state index in [0.717, 1.165) is 12.5 Å². The highest BCUT2D eigenvalue weighted by atomic mass is 19.1. The summed E-state index contributed by atoms with van der Waals surface area (Å²) in [5.74, 6) is 3.22. The molecule has 0 atom stereocenters. The highest BCUT2D eigenvalue weighted by Gasteiger charge is 2.26. The van der Waals surface area contributed by atoms with Crippen LogP contribution in [0.25, 0.3) is 22.5 Å². The third-order valence-corrected chi connectivity index (χ3v) is 4.43. The average Bonchev–Trinajstić information content (AvgIpc) is 3.23. The first kappa shape index (κ1) is 20.0.